The van der Waals surface area contributed by atoms with Crippen LogP contribution in [0.3, 0.4) is 0 Å². The zero-order chi connectivity index (χ0) is 13.7. The van der Waals surface area contributed by atoms with Crippen LogP contribution in [0.15, 0.2) is 42.5 Å². The highest BCUT2D eigenvalue weighted by atomic mass is 15.1. The molecule has 0 aliphatic heterocycles. The molecule has 0 radical (unpaired) electrons. The van der Waals surface area contributed by atoms with Crippen LogP contribution in [0.4, 0.5) is 0 Å². The first-order valence-electron chi connectivity index (χ1n) is 6.82. The number of nitriles is 1. The fourth-order valence-corrected chi connectivity index (χ4v) is 2.35. The largest absolute Gasteiger partial charge is 0.307 e. The molecule has 2 rings (SSSR count). The molecule has 98 valence electrons. The minimum atomic E-state index is -0.0277. The Kier molecular flexibility index (Phi) is 4.54. The van der Waals surface area contributed by atoms with Crippen LogP contribution in [-0.2, 0) is 0 Å². The van der Waals surface area contributed by atoms with Crippen molar-refractivity contribution in [1.82, 2.24) is 4.90 Å². The highest BCUT2D eigenvalue weighted by Crippen LogP contribution is 2.27. The Bertz CT molecular complexity index is 578. The molecule has 19 heavy (non-hydrogen) atoms. The van der Waals surface area contributed by atoms with Crippen molar-refractivity contribution in [2.75, 3.05) is 20.1 Å². The second-order valence-electron chi connectivity index (χ2n) is 4.93. The fraction of sp³-hybridized carbons (Fsp3) is 0.353. The van der Waals surface area contributed by atoms with Crippen LogP contribution in [0.1, 0.15) is 24.8 Å². The van der Waals surface area contributed by atoms with Gasteiger partial charge in [0.2, 0.25) is 0 Å². The van der Waals surface area contributed by atoms with Gasteiger partial charge in [-0.3, -0.25) is 0 Å². The molecule has 0 aromatic heterocycles. The molecule has 0 amide bonds. The molecule has 0 saturated carbocycles. The Morgan fingerprint density at radius 3 is 2.63 bits per heavy atom. The Labute approximate surface area is 115 Å². The van der Waals surface area contributed by atoms with Crippen molar-refractivity contribution in [3.8, 4) is 6.07 Å². The van der Waals surface area contributed by atoms with Gasteiger partial charge in [-0.25, -0.2) is 0 Å². The zero-order valence-electron chi connectivity index (χ0n) is 11.6. The van der Waals surface area contributed by atoms with Crippen molar-refractivity contribution in [2.24, 2.45) is 0 Å². The molecular formula is C17H20N2. The van der Waals surface area contributed by atoms with Crippen LogP contribution in [0.25, 0.3) is 10.8 Å². The van der Waals surface area contributed by atoms with Crippen molar-refractivity contribution < 1.29 is 0 Å². The average molecular weight is 252 g/mol. The average Bonchev–Trinajstić information content (AvgIpc) is 2.47. The molecule has 0 saturated heterocycles. The minimum absolute atomic E-state index is 0.0277. The van der Waals surface area contributed by atoms with Gasteiger partial charge >= 0.3 is 0 Å². The third kappa shape index (κ3) is 3.13. The molecule has 0 aliphatic carbocycles. The lowest BCUT2D eigenvalue weighted by Gasteiger charge is -2.17. The van der Waals surface area contributed by atoms with Crippen molar-refractivity contribution in [1.29, 1.82) is 5.26 Å². The molecule has 1 atom stereocenters. The summed E-state index contributed by atoms with van der Waals surface area (Å²) in [4.78, 5) is 2.25. The maximum atomic E-state index is 9.46. The standard InChI is InChI=1S/C17H20N2/c1-3-19(2)12-11-15(13-18)17-10-6-8-14-7-4-5-9-16(14)17/h4-10,15H,3,11-12H2,1-2H3/t15-/m1/s1. The van der Waals surface area contributed by atoms with Crippen LogP contribution in [-0.4, -0.2) is 25.0 Å². The van der Waals surface area contributed by atoms with E-state index in [4.69, 9.17) is 0 Å². The molecule has 0 bridgehead atoms. The lowest BCUT2D eigenvalue weighted by Crippen LogP contribution is -2.20. The molecule has 2 nitrogen and oxygen atoms in total. The van der Waals surface area contributed by atoms with Crippen molar-refractivity contribution in [3.05, 3.63) is 48.0 Å². The van der Waals surface area contributed by atoms with E-state index >= 15 is 0 Å². The van der Waals surface area contributed by atoms with Gasteiger partial charge in [-0.2, -0.15) is 5.26 Å². The normalized spacial score (nSPS) is 12.5. The van der Waals surface area contributed by atoms with E-state index < -0.39 is 0 Å². The van der Waals surface area contributed by atoms with E-state index in [0.29, 0.717) is 0 Å². The molecule has 0 N–H and O–H groups in total. The minimum Gasteiger partial charge on any atom is -0.307 e. The van der Waals surface area contributed by atoms with Gasteiger partial charge in [-0.15, -0.1) is 0 Å². The lowest BCUT2D eigenvalue weighted by molar-refractivity contribution is 0.343. The predicted molar refractivity (Wildman–Crippen MR) is 80.1 cm³/mol. The van der Waals surface area contributed by atoms with E-state index in [-0.39, 0.29) is 5.92 Å². The summed E-state index contributed by atoms with van der Waals surface area (Å²) >= 11 is 0. The molecule has 0 heterocycles. The summed E-state index contributed by atoms with van der Waals surface area (Å²) in [7, 11) is 2.09. The Hall–Kier alpha value is -1.85. The number of rotatable bonds is 5. The third-order valence-corrected chi connectivity index (χ3v) is 3.69. The second-order valence-corrected chi connectivity index (χ2v) is 4.93. The number of hydrogen-bond donors (Lipinski definition) is 0. The van der Waals surface area contributed by atoms with Crippen LogP contribution in [0, 0.1) is 11.3 Å². The maximum Gasteiger partial charge on any atom is 0.0730 e. The van der Waals surface area contributed by atoms with Gasteiger partial charge in [0.15, 0.2) is 0 Å². The quantitative estimate of drug-likeness (QED) is 0.809. The maximum absolute atomic E-state index is 9.46. The van der Waals surface area contributed by atoms with E-state index in [1.165, 1.54) is 10.8 Å². The summed E-state index contributed by atoms with van der Waals surface area (Å²) in [6, 6.07) is 17.0. The number of fused-ring (bicyclic) bond motifs is 1. The molecule has 0 spiro atoms. The summed E-state index contributed by atoms with van der Waals surface area (Å²) in [6.07, 6.45) is 0.884. The van der Waals surface area contributed by atoms with Crippen LogP contribution < -0.4 is 0 Å². The Morgan fingerprint density at radius 2 is 1.89 bits per heavy atom. The van der Waals surface area contributed by atoms with Gasteiger partial charge in [-0.05, 0) is 42.9 Å². The molecular weight excluding hydrogens is 232 g/mol. The van der Waals surface area contributed by atoms with Gasteiger partial charge in [0, 0.05) is 0 Å². The van der Waals surface area contributed by atoms with E-state index in [1.54, 1.807) is 0 Å². The van der Waals surface area contributed by atoms with Crippen LogP contribution >= 0.6 is 0 Å². The monoisotopic (exact) mass is 252 g/mol. The van der Waals surface area contributed by atoms with Crippen molar-refractivity contribution in [2.45, 2.75) is 19.3 Å². The third-order valence-electron chi connectivity index (χ3n) is 3.69. The van der Waals surface area contributed by atoms with Crippen LogP contribution in [0.2, 0.25) is 0 Å². The smallest absolute Gasteiger partial charge is 0.0730 e. The Balaban J connectivity index is 2.28. The lowest BCUT2D eigenvalue weighted by atomic mass is 9.92. The fourth-order valence-electron chi connectivity index (χ4n) is 2.35. The summed E-state index contributed by atoms with van der Waals surface area (Å²) < 4.78 is 0. The van der Waals surface area contributed by atoms with Crippen molar-refractivity contribution >= 4 is 10.8 Å². The summed E-state index contributed by atoms with van der Waals surface area (Å²) in [6.45, 7) is 4.12. The Morgan fingerprint density at radius 1 is 1.16 bits per heavy atom. The van der Waals surface area contributed by atoms with E-state index in [1.807, 2.05) is 18.2 Å². The first kappa shape index (κ1) is 13.6. The topological polar surface area (TPSA) is 27.0 Å². The molecule has 2 aromatic carbocycles. The molecule has 2 heteroatoms. The highest BCUT2D eigenvalue weighted by molar-refractivity contribution is 5.86. The van der Waals surface area contributed by atoms with Crippen LogP contribution in [0.5, 0.6) is 0 Å². The van der Waals surface area contributed by atoms with Gasteiger partial charge < -0.3 is 4.90 Å². The first-order chi connectivity index (χ1) is 9.26. The van der Waals surface area contributed by atoms with Gasteiger partial charge in [0.25, 0.3) is 0 Å². The molecule has 0 unspecified atom stereocenters. The molecule has 2 aromatic rings. The first-order valence-corrected chi connectivity index (χ1v) is 6.82. The van der Waals surface area contributed by atoms with Gasteiger partial charge in [0.1, 0.15) is 0 Å². The number of hydrogen-bond acceptors (Lipinski definition) is 2. The number of nitrogens with zero attached hydrogens (tertiary/aromatic N) is 2. The van der Waals surface area contributed by atoms with E-state index in [0.717, 1.165) is 25.1 Å². The summed E-state index contributed by atoms with van der Waals surface area (Å²) in [5.74, 6) is -0.0277. The number of benzene rings is 2. The SMILES string of the molecule is CCN(C)CC[C@H](C#N)c1cccc2ccccc12. The summed E-state index contributed by atoms with van der Waals surface area (Å²) in [5, 5.41) is 11.9. The van der Waals surface area contributed by atoms with Gasteiger partial charge in [-0.1, -0.05) is 49.4 Å². The second kappa shape index (κ2) is 6.36. The molecule has 0 aliphatic rings. The van der Waals surface area contributed by atoms with Gasteiger partial charge in [0.05, 0.1) is 12.0 Å². The summed E-state index contributed by atoms with van der Waals surface area (Å²) in [5.41, 5.74) is 1.16. The van der Waals surface area contributed by atoms with Crippen molar-refractivity contribution in [3.63, 3.8) is 0 Å². The predicted octanol–water partition coefficient (Wildman–Crippen LogP) is 3.79. The molecule has 0 fully saturated rings. The highest BCUT2D eigenvalue weighted by Gasteiger charge is 2.13. The van der Waals surface area contributed by atoms with E-state index in [2.05, 4.69) is 49.2 Å². The van der Waals surface area contributed by atoms with E-state index in [9.17, 15) is 5.26 Å². The zero-order valence-corrected chi connectivity index (χ0v) is 11.6.